The second-order valence-electron chi connectivity index (χ2n) is 3.98. The number of para-hydroxylation sites is 1. The Balaban J connectivity index is 2.82. The van der Waals surface area contributed by atoms with Crippen molar-refractivity contribution in [2.75, 3.05) is 18.5 Å². The number of nitrogens with one attached hydrogen (secondary N) is 1. The molecule has 3 heteroatoms. The van der Waals surface area contributed by atoms with Gasteiger partial charge in [-0.3, -0.25) is 0 Å². The Kier molecular flexibility index (Phi) is 5.29. The van der Waals surface area contributed by atoms with Crippen molar-refractivity contribution < 1.29 is 5.11 Å². The van der Waals surface area contributed by atoms with Crippen LogP contribution in [0.5, 0.6) is 0 Å². The van der Waals surface area contributed by atoms with Crippen LogP contribution >= 0.6 is 0 Å². The lowest BCUT2D eigenvalue weighted by atomic mass is 10.0. The highest BCUT2D eigenvalue weighted by atomic mass is 16.3. The maximum atomic E-state index is 8.90. The van der Waals surface area contributed by atoms with Crippen molar-refractivity contribution in [2.45, 2.75) is 32.7 Å². The molecule has 90 valence electrons. The van der Waals surface area contributed by atoms with Crippen LogP contribution in [0.15, 0.2) is 18.2 Å². The third kappa shape index (κ3) is 3.22. The fourth-order valence-electron chi connectivity index (χ4n) is 1.77. The van der Waals surface area contributed by atoms with Crippen LogP contribution in [-0.4, -0.2) is 24.3 Å². The van der Waals surface area contributed by atoms with Crippen LogP contribution in [-0.2, 0) is 12.8 Å². The third-order valence-corrected chi connectivity index (χ3v) is 2.77. The molecule has 0 aliphatic carbocycles. The third-order valence-electron chi connectivity index (χ3n) is 2.77. The number of rotatable bonds is 6. The maximum absolute atomic E-state index is 8.90. The minimum absolute atomic E-state index is 0.0166. The summed E-state index contributed by atoms with van der Waals surface area (Å²) in [5.41, 5.74) is 9.50. The van der Waals surface area contributed by atoms with Crippen molar-refractivity contribution >= 4 is 5.69 Å². The molecule has 0 saturated carbocycles. The van der Waals surface area contributed by atoms with Crippen LogP contribution in [0, 0.1) is 0 Å². The molecule has 1 aromatic rings. The molecule has 4 N–H and O–H groups in total. The monoisotopic (exact) mass is 222 g/mol. The normalized spacial score (nSPS) is 12.5. The van der Waals surface area contributed by atoms with Crippen LogP contribution in [0.1, 0.15) is 25.0 Å². The number of aliphatic hydroxyl groups is 1. The van der Waals surface area contributed by atoms with Crippen molar-refractivity contribution in [3.63, 3.8) is 0 Å². The summed E-state index contributed by atoms with van der Waals surface area (Å²) in [4.78, 5) is 0. The summed E-state index contributed by atoms with van der Waals surface area (Å²) in [6.07, 6.45) is 2.01. The molecule has 0 aliphatic heterocycles. The number of benzene rings is 1. The number of anilines is 1. The van der Waals surface area contributed by atoms with E-state index < -0.39 is 0 Å². The Labute approximate surface area is 97.7 Å². The van der Waals surface area contributed by atoms with Gasteiger partial charge in [0.05, 0.1) is 6.61 Å². The van der Waals surface area contributed by atoms with Gasteiger partial charge in [0.2, 0.25) is 0 Å². The Bertz CT molecular complexity index is 303. The van der Waals surface area contributed by atoms with E-state index in [1.807, 2.05) is 0 Å². The summed E-state index contributed by atoms with van der Waals surface area (Å²) in [5, 5.41) is 12.3. The largest absolute Gasteiger partial charge is 0.395 e. The fraction of sp³-hybridized carbons (Fsp3) is 0.538. The van der Waals surface area contributed by atoms with E-state index in [1.165, 1.54) is 16.8 Å². The summed E-state index contributed by atoms with van der Waals surface area (Å²) in [6.45, 7) is 4.92. The minimum atomic E-state index is -0.199. The van der Waals surface area contributed by atoms with Crippen molar-refractivity contribution in [3.05, 3.63) is 29.3 Å². The molecule has 16 heavy (non-hydrogen) atoms. The zero-order valence-corrected chi connectivity index (χ0v) is 10.2. The first-order valence-corrected chi connectivity index (χ1v) is 5.93. The number of aliphatic hydroxyl groups excluding tert-OH is 1. The molecule has 0 aliphatic rings. The summed E-state index contributed by atoms with van der Waals surface area (Å²) in [7, 11) is 0. The van der Waals surface area contributed by atoms with E-state index in [1.54, 1.807) is 0 Å². The van der Waals surface area contributed by atoms with Gasteiger partial charge in [-0.25, -0.2) is 0 Å². The zero-order chi connectivity index (χ0) is 12.0. The standard InChI is InChI=1S/C13H22N2O/c1-3-10-6-5-7-11(4-2)13(10)15-8-12(14)9-16/h5-7,12,15-16H,3-4,8-9,14H2,1-2H3. The highest BCUT2D eigenvalue weighted by Crippen LogP contribution is 2.22. The Morgan fingerprint density at radius 2 is 1.81 bits per heavy atom. The number of nitrogens with two attached hydrogens (primary N) is 1. The lowest BCUT2D eigenvalue weighted by molar-refractivity contribution is 0.270. The number of hydrogen-bond acceptors (Lipinski definition) is 3. The highest BCUT2D eigenvalue weighted by molar-refractivity contribution is 5.58. The Morgan fingerprint density at radius 3 is 2.25 bits per heavy atom. The van der Waals surface area contributed by atoms with E-state index in [2.05, 4.69) is 37.4 Å². The molecule has 0 radical (unpaired) electrons. The second kappa shape index (κ2) is 6.51. The van der Waals surface area contributed by atoms with Crippen molar-refractivity contribution in [2.24, 2.45) is 5.73 Å². The lowest BCUT2D eigenvalue weighted by Gasteiger charge is -2.17. The van der Waals surface area contributed by atoms with Gasteiger partial charge in [0.15, 0.2) is 0 Å². The van der Waals surface area contributed by atoms with E-state index in [0.717, 1.165) is 12.8 Å². The van der Waals surface area contributed by atoms with E-state index in [0.29, 0.717) is 6.54 Å². The molecule has 0 aromatic heterocycles. The number of aryl methyl sites for hydroxylation is 2. The van der Waals surface area contributed by atoms with Crippen LogP contribution in [0.3, 0.4) is 0 Å². The van der Waals surface area contributed by atoms with Crippen LogP contribution in [0.4, 0.5) is 5.69 Å². The molecule has 0 amide bonds. The predicted molar refractivity (Wildman–Crippen MR) is 68.7 cm³/mol. The first-order chi connectivity index (χ1) is 7.72. The SMILES string of the molecule is CCc1cccc(CC)c1NCC(N)CO. The first kappa shape index (κ1) is 13.0. The lowest BCUT2D eigenvalue weighted by Crippen LogP contribution is -2.32. The molecule has 1 unspecified atom stereocenters. The van der Waals surface area contributed by atoms with Crippen molar-refractivity contribution in [3.8, 4) is 0 Å². The quantitative estimate of drug-likeness (QED) is 0.684. The van der Waals surface area contributed by atoms with Gasteiger partial charge in [-0.15, -0.1) is 0 Å². The zero-order valence-electron chi connectivity index (χ0n) is 10.2. The molecular weight excluding hydrogens is 200 g/mol. The van der Waals surface area contributed by atoms with E-state index in [4.69, 9.17) is 10.8 Å². The fourth-order valence-corrected chi connectivity index (χ4v) is 1.77. The van der Waals surface area contributed by atoms with Gasteiger partial charge < -0.3 is 16.2 Å². The maximum Gasteiger partial charge on any atom is 0.0599 e. The molecule has 0 fully saturated rings. The molecule has 1 rings (SSSR count). The van der Waals surface area contributed by atoms with Crippen molar-refractivity contribution in [1.82, 2.24) is 0 Å². The average Bonchev–Trinajstić information content (AvgIpc) is 2.35. The molecule has 0 saturated heterocycles. The summed E-state index contributed by atoms with van der Waals surface area (Å²) < 4.78 is 0. The van der Waals surface area contributed by atoms with E-state index in [9.17, 15) is 0 Å². The average molecular weight is 222 g/mol. The smallest absolute Gasteiger partial charge is 0.0599 e. The van der Waals surface area contributed by atoms with E-state index in [-0.39, 0.29) is 12.6 Å². The Hall–Kier alpha value is -1.06. The van der Waals surface area contributed by atoms with Gasteiger partial charge in [0.1, 0.15) is 0 Å². The molecule has 0 spiro atoms. The van der Waals surface area contributed by atoms with Gasteiger partial charge in [-0.1, -0.05) is 32.0 Å². The highest BCUT2D eigenvalue weighted by Gasteiger charge is 2.07. The van der Waals surface area contributed by atoms with Gasteiger partial charge >= 0.3 is 0 Å². The molecule has 1 atom stereocenters. The van der Waals surface area contributed by atoms with Gasteiger partial charge in [-0.05, 0) is 24.0 Å². The summed E-state index contributed by atoms with van der Waals surface area (Å²) >= 11 is 0. The van der Waals surface area contributed by atoms with Crippen LogP contribution in [0.2, 0.25) is 0 Å². The minimum Gasteiger partial charge on any atom is -0.395 e. The topological polar surface area (TPSA) is 58.3 Å². The van der Waals surface area contributed by atoms with Gasteiger partial charge in [-0.2, -0.15) is 0 Å². The van der Waals surface area contributed by atoms with Crippen LogP contribution < -0.4 is 11.1 Å². The second-order valence-corrected chi connectivity index (χ2v) is 3.98. The molecule has 1 aromatic carbocycles. The summed E-state index contributed by atoms with van der Waals surface area (Å²) in [6, 6.07) is 6.15. The predicted octanol–water partition coefficient (Wildman–Crippen LogP) is 1.54. The number of hydrogen-bond donors (Lipinski definition) is 3. The Morgan fingerprint density at radius 1 is 1.25 bits per heavy atom. The van der Waals surface area contributed by atoms with Gasteiger partial charge in [0, 0.05) is 18.3 Å². The molecule has 0 bridgehead atoms. The van der Waals surface area contributed by atoms with Crippen molar-refractivity contribution in [1.29, 1.82) is 0 Å². The van der Waals surface area contributed by atoms with Gasteiger partial charge in [0.25, 0.3) is 0 Å². The first-order valence-electron chi connectivity index (χ1n) is 5.93. The molecule has 0 heterocycles. The molecular formula is C13H22N2O. The van der Waals surface area contributed by atoms with Crippen LogP contribution in [0.25, 0.3) is 0 Å². The molecule has 3 nitrogen and oxygen atoms in total. The van der Waals surface area contributed by atoms with E-state index >= 15 is 0 Å². The summed E-state index contributed by atoms with van der Waals surface area (Å²) in [5.74, 6) is 0.